The van der Waals surface area contributed by atoms with E-state index < -0.39 is 17.3 Å². The molecule has 1 fully saturated rings. The van der Waals surface area contributed by atoms with E-state index in [0.717, 1.165) is 18.7 Å². The first-order valence-corrected chi connectivity index (χ1v) is 9.57. The Kier molecular flexibility index (Phi) is 5.59. The molecule has 2 N–H and O–H groups in total. The maximum absolute atomic E-state index is 10.1. The second-order valence-electron chi connectivity index (χ2n) is 7.42. The molecule has 0 amide bonds. The van der Waals surface area contributed by atoms with Crippen LogP contribution in [0.4, 0.5) is 0 Å². The van der Waals surface area contributed by atoms with Gasteiger partial charge in [0.1, 0.15) is 17.4 Å². The van der Waals surface area contributed by atoms with Crippen LogP contribution in [0, 0.1) is 56.7 Å². The minimum atomic E-state index is -1.75. The molecule has 2 aliphatic rings. The van der Waals surface area contributed by atoms with Crippen LogP contribution in [-0.2, 0) is 0 Å². The lowest BCUT2D eigenvalue weighted by Gasteiger charge is -2.46. The SMILES string of the molecule is CC[NH+]1CC=C2C(C#N)C(=N)C(C#N)(C#N)[C@@H](c3cc(OC)ccc3OC)[C@@H]2C1. The van der Waals surface area contributed by atoms with Crippen molar-refractivity contribution in [3.05, 3.63) is 35.4 Å². The Balaban J connectivity index is 2.32. The molecule has 3 rings (SSSR count). The number of fused-ring (bicyclic) bond motifs is 1. The van der Waals surface area contributed by atoms with Gasteiger partial charge in [-0.2, -0.15) is 15.8 Å². The Bertz CT molecular complexity index is 964. The van der Waals surface area contributed by atoms with Crippen LogP contribution in [0.2, 0.25) is 0 Å². The van der Waals surface area contributed by atoms with Gasteiger partial charge in [0.05, 0.1) is 57.8 Å². The van der Waals surface area contributed by atoms with Gasteiger partial charge in [-0.3, -0.25) is 0 Å². The summed E-state index contributed by atoms with van der Waals surface area (Å²) in [6, 6.07) is 11.7. The van der Waals surface area contributed by atoms with Gasteiger partial charge < -0.3 is 19.8 Å². The normalized spacial score (nSPS) is 27.4. The number of quaternary nitrogens is 1. The molecule has 0 radical (unpaired) electrons. The van der Waals surface area contributed by atoms with Gasteiger partial charge >= 0.3 is 0 Å². The van der Waals surface area contributed by atoms with Gasteiger partial charge in [-0.25, -0.2) is 0 Å². The molecule has 1 saturated carbocycles. The fourth-order valence-electron chi connectivity index (χ4n) is 4.68. The lowest BCUT2D eigenvalue weighted by atomic mass is 9.54. The lowest BCUT2D eigenvalue weighted by molar-refractivity contribution is -0.897. The Morgan fingerprint density at radius 2 is 1.93 bits per heavy atom. The van der Waals surface area contributed by atoms with E-state index in [9.17, 15) is 15.8 Å². The van der Waals surface area contributed by atoms with E-state index >= 15 is 0 Å². The van der Waals surface area contributed by atoms with Gasteiger partial charge in [0.25, 0.3) is 0 Å². The molecular formula is C22H24N5O2+. The summed E-state index contributed by atoms with van der Waals surface area (Å²) in [6.07, 6.45) is 2.02. The first kappa shape index (κ1) is 20.4. The largest absolute Gasteiger partial charge is 0.497 e. The molecule has 2 unspecified atom stereocenters. The average molecular weight is 390 g/mol. The number of hydrogen-bond acceptors (Lipinski definition) is 6. The average Bonchev–Trinajstić information content (AvgIpc) is 2.77. The van der Waals surface area contributed by atoms with Gasteiger partial charge in [-0.05, 0) is 36.8 Å². The van der Waals surface area contributed by atoms with Crippen LogP contribution in [0.3, 0.4) is 0 Å². The monoisotopic (exact) mass is 390 g/mol. The van der Waals surface area contributed by atoms with E-state index in [1.165, 1.54) is 4.90 Å². The predicted molar refractivity (Wildman–Crippen MR) is 106 cm³/mol. The van der Waals surface area contributed by atoms with E-state index in [1.807, 2.05) is 6.08 Å². The fraction of sp³-hybridized carbons (Fsp3) is 0.455. The Morgan fingerprint density at radius 3 is 2.48 bits per heavy atom. The van der Waals surface area contributed by atoms with Crippen LogP contribution < -0.4 is 14.4 Å². The van der Waals surface area contributed by atoms with E-state index in [4.69, 9.17) is 14.9 Å². The van der Waals surface area contributed by atoms with Crippen molar-refractivity contribution in [1.29, 1.82) is 21.2 Å². The molecule has 0 spiro atoms. The quantitative estimate of drug-likeness (QED) is 0.755. The predicted octanol–water partition coefficient (Wildman–Crippen LogP) is 1.46. The van der Waals surface area contributed by atoms with Crippen molar-refractivity contribution in [2.75, 3.05) is 33.9 Å². The number of benzene rings is 1. The third kappa shape index (κ3) is 3.03. The van der Waals surface area contributed by atoms with Crippen LogP contribution in [0.5, 0.6) is 11.5 Å². The minimum absolute atomic E-state index is 0.151. The molecule has 7 heteroatoms. The molecule has 0 saturated heterocycles. The second-order valence-corrected chi connectivity index (χ2v) is 7.42. The molecule has 0 bridgehead atoms. The molecule has 1 aliphatic heterocycles. The van der Waals surface area contributed by atoms with Crippen molar-refractivity contribution in [2.45, 2.75) is 12.8 Å². The summed E-state index contributed by atoms with van der Waals surface area (Å²) in [5, 5.41) is 38.8. The van der Waals surface area contributed by atoms with Crippen LogP contribution in [-0.4, -0.2) is 39.6 Å². The van der Waals surface area contributed by atoms with E-state index in [-0.39, 0.29) is 11.6 Å². The summed E-state index contributed by atoms with van der Waals surface area (Å²) < 4.78 is 10.9. The third-order valence-electron chi connectivity index (χ3n) is 6.23. The highest BCUT2D eigenvalue weighted by molar-refractivity contribution is 6.01. The van der Waals surface area contributed by atoms with Gasteiger partial charge in [-0.1, -0.05) is 0 Å². The molecule has 0 aromatic heterocycles. The maximum Gasteiger partial charge on any atom is 0.190 e. The number of hydrogen-bond donors (Lipinski definition) is 2. The number of rotatable bonds is 4. The highest BCUT2D eigenvalue weighted by Gasteiger charge is 2.59. The zero-order valence-corrected chi connectivity index (χ0v) is 16.8. The van der Waals surface area contributed by atoms with Crippen molar-refractivity contribution in [3.8, 4) is 29.7 Å². The minimum Gasteiger partial charge on any atom is -0.497 e. The van der Waals surface area contributed by atoms with Gasteiger partial charge in [0, 0.05) is 17.4 Å². The van der Waals surface area contributed by atoms with Crippen molar-refractivity contribution in [3.63, 3.8) is 0 Å². The van der Waals surface area contributed by atoms with E-state index in [2.05, 4.69) is 25.1 Å². The van der Waals surface area contributed by atoms with E-state index in [1.54, 1.807) is 32.4 Å². The van der Waals surface area contributed by atoms with Crippen molar-refractivity contribution in [1.82, 2.24) is 0 Å². The summed E-state index contributed by atoms with van der Waals surface area (Å²) in [7, 11) is 3.09. The second kappa shape index (κ2) is 7.95. The Labute approximate surface area is 170 Å². The summed E-state index contributed by atoms with van der Waals surface area (Å²) in [5.41, 5.74) is -0.407. The van der Waals surface area contributed by atoms with Crippen molar-refractivity contribution >= 4 is 5.71 Å². The van der Waals surface area contributed by atoms with Crippen LogP contribution in [0.15, 0.2) is 29.8 Å². The fourth-order valence-corrected chi connectivity index (χ4v) is 4.68. The molecule has 148 valence electrons. The van der Waals surface area contributed by atoms with Gasteiger partial charge in [0.2, 0.25) is 0 Å². The number of nitriles is 3. The van der Waals surface area contributed by atoms with Gasteiger partial charge in [0.15, 0.2) is 5.41 Å². The molecule has 4 atom stereocenters. The number of ether oxygens (including phenoxy) is 2. The molecule has 7 nitrogen and oxygen atoms in total. The zero-order chi connectivity index (χ0) is 21.2. The molecule has 1 aromatic rings. The Morgan fingerprint density at radius 1 is 1.21 bits per heavy atom. The van der Waals surface area contributed by atoms with Crippen molar-refractivity contribution < 1.29 is 14.4 Å². The molecule has 1 aliphatic carbocycles. The zero-order valence-electron chi connectivity index (χ0n) is 16.8. The number of nitrogens with zero attached hydrogens (tertiary/aromatic N) is 3. The first-order chi connectivity index (χ1) is 14.0. The topological polar surface area (TPSA) is 118 Å². The third-order valence-corrected chi connectivity index (χ3v) is 6.23. The summed E-state index contributed by atoms with van der Waals surface area (Å²) in [6.45, 7) is 4.43. The van der Waals surface area contributed by atoms with Crippen LogP contribution in [0.1, 0.15) is 18.4 Å². The number of nitrogens with one attached hydrogen (secondary N) is 2. The lowest BCUT2D eigenvalue weighted by Crippen LogP contribution is -3.13. The summed E-state index contributed by atoms with van der Waals surface area (Å²) in [4.78, 5) is 1.31. The number of likely N-dealkylation sites (N-methyl/N-ethyl adjacent to an activating group) is 1. The highest BCUT2D eigenvalue weighted by Crippen LogP contribution is 2.54. The van der Waals surface area contributed by atoms with Crippen molar-refractivity contribution in [2.24, 2.45) is 17.3 Å². The van der Waals surface area contributed by atoms with Crippen LogP contribution in [0.25, 0.3) is 0 Å². The maximum atomic E-state index is 10.1. The molecule has 1 aromatic carbocycles. The molecular weight excluding hydrogens is 366 g/mol. The molecule has 29 heavy (non-hydrogen) atoms. The smallest absolute Gasteiger partial charge is 0.190 e. The van der Waals surface area contributed by atoms with Crippen LogP contribution >= 0.6 is 0 Å². The first-order valence-electron chi connectivity index (χ1n) is 9.57. The van der Waals surface area contributed by atoms with E-state index in [0.29, 0.717) is 23.6 Å². The highest BCUT2D eigenvalue weighted by atomic mass is 16.5. The standard InChI is InChI=1S/C22H23N5O2/c1-4-27-8-7-15-17(10-23)21(26)22(12-24,13-25)20(18(15)11-27)16-9-14(28-2)5-6-19(16)29-3/h5-7,9,17-18,20,26H,4,8,11H2,1-3H3/p+1/t17?,18-,20+/m1/s1. The molecule has 1 heterocycles. The Hall–Kier alpha value is -3.34. The van der Waals surface area contributed by atoms with Gasteiger partial charge in [-0.15, -0.1) is 0 Å². The summed E-state index contributed by atoms with van der Waals surface area (Å²) >= 11 is 0. The summed E-state index contributed by atoms with van der Waals surface area (Å²) in [5.74, 6) is -0.589. The number of methoxy groups -OCH3 is 2.